The van der Waals surface area contributed by atoms with Crippen LogP contribution in [0.15, 0.2) is 29.3 Å². The minimum Gasteiger partial charge on any atom is -0.356 e. The van der Waals surface area contributed by atoms with Gasteiger partial charge < -0.3 is 10.6 Å². The van der Waals surface area contributed by atoms with Gasteiger partial charge in [0, 0.05) is 30.3 Å². The van der Waals surface area contributed by atoms with E-state index in [0.29, 0.717) is 12.6 Å². The van der Waals surface area contributed by atoms with Crippen LogP contribution in [0.2, 0.25) is 0 Å². The topological polar surface area (TPSA) is 36.4 Å². The Balaban J connectivity index is 0.00000288. The zero-order valence-electron chi connectivity index (χ0n) is 14.9. The van der Waals surface area contributed by atoms with Gasteiger partial charge in [0.05, 0.1) is 0 Å². The van der Waals surface area contributed by atoms with Gasteiger partial charge in [0.1, 0.15) is 5.82 Å². The molecule has 3 nitrogen and oxygen atoms in total. The van der Waals surface area contributed by atoms with Gasteiger partial charge in [0.2, 0.25) is 0 Å². The lowest BCUT2D eigenvalue weighted by molar-refractivity contribution is 0.498. The van der Waals surface area contributed by atoms with E-state index in [-0.39, 0.29) is 35.2 Å². The standard InChI is InChI=1S/C18H28FN3S.HI/c1-18(2,13-6-5-7-14(19)10-13)12-21-17(20-3)22-15-8-9-16(11-15)23-4;/h5-7,10,15-16H,8-9,11-12H2,1-4H3,(H2,20,21,22);1H. The molecule has 24 heavy (non-hydrogen) atoms. The smallest absolute Gasteiger partial charge is 0.191 e. The molecule has 0 radical (unpaired) electrons. The van der Waals surface area contributed by atoms with Crippen molar-refractivity contribution < 1.29 is 4.39 Å². The summed E-state index contributed by atoms with van der Waals surface area (Å²) >= 11 is 1.95. The lowest BCUT2D eigenvalue weighted by Gasteiger charge is -2.27. The highest BCUT2D eigenvalue weighted by atomic mass is 127. The van der Waals surface area contributed by atoms with Gasteiger partial charge in [-0.3, -0.25) is 4.99 Å². The molecule has 0 bridgehead atoms. The molecular weight excluding hydrogens is 436 g/mol. The second-order valence-corrected chi connectivity index (χ2v) is 7.97. The van der Waals surface area contributed by atoms with E-state index in [1.807, 2.05) is 17.8 Å². The Morgan fingerprint density at radius 3 is 2.71 bits per heavy atom. The fourth-order valence-electron chi connectivity index (χ4n) is 2.99. The average Bonchev–Trinajstić information content (AvgIpc) is 2.99. The number of hydrogen-bond donors (Lipinski definition) is 2. The van der Waals surface area contributed by atoms with Crippen molar-refractivity contribution in [2.75, 3.05) is 19.8 Å². The molecule has 136 valence electrons. The molecule has 0 saturated heterocycles. The Morgan fingerprint density at radius 1 is 1.38 bits per heavy atom. The maximum atomic E-state index is 13.4. The fourth-order valence-corrected chi connectivity index (χ4v) is 3.79. The minimum atomic E-state index is -0.188. The van der Waals surface area contributed by atoms with E-state index in [0.717, 1.165) is 16.8 Å². The molecule has 0 heterocycles. The summed E-state index contributed by atoms with van der Waals surface area (Å²) in [6, 6.07) is 7.32. The van der Waals surface area contributed by atoms with Gasteiger partial charge in [0.15, 0.2) is 5.96 Å². The molecule has 0 aromatic heterocycles. The number of hydrogen-bond acceptors (Lipinski definition) is 2. The molecular formula is C18H29FIN3S. The highest BCUT2D eigenvalue weighted by Gasteiger charge is 2.26. The second-order valence-electron chi connectivity index (χ2n) is 6.83. The predicted octanol–water partition coefficient (Wildman–Crippen LogP) is 4.17. The maximum Gasteiger partial charge on any atom is 0.191 e. The zero-order chi connectivity index (χ0) is 16.9. The molecule has 2 rings (SSSR count). The molecule has 2 unspecified atom stereocenters. The summed E-state index contributed by atoms with van der Waals surface area (Å²) < 4.78 is 13.4. The van der Waals surface area contributed by atoms with Gasteiger partial charge in [0.25, 0.3) is 0 Å². The van der Waals surface area contributed by atoms with E-state index in [2.05, 4.69) is 35.7 Å². The van der Waals surface area contributed by atoms with Crippen LogP contribution in [-0.4, -0.2) is 37.1 Å². The van der Waals surface area contributed by atoms with Gasteiger partial charge in [-0.2, -0.15) is 11.8 Å². The third-order valence-corrected chi connectivity index (χ3v) is 5.68. The monoisotopic (exact) mass is 465 g/mol. The molecule has 0 aliphatic heterocycles. The number of aliphatic imine (C=N–C) groups is 1. The van der Waals surface area contributed by atoms with E-state index in [1.54, 1.807) is 19.2 Å². The van der Waals surface area contributed by atoms with E-state index >= 15 is 0 Å². The van der Waals surface area contributed by atoms with Crippen LogP contribution in [0.5, 0.6) is 0 Å². The molecule has 1 aromatic carbocycles. The highest BCUT2D eigenvalue weighted by molar-refractivity contribution is 14.0. The number of thioether (sulfide) groups is 1. The van der Waals surface area contributed by atoms with Crippen molar-refractivity contribution >= 4 is 41.7 Å². The normalized spacial score (nSPS) is 21.3. The molecule has 0 spiro atoms. The summed E-state index contributed by atoms with van der Waals surface area (Å²) in [6.07, 6.45) is 5.83. The molecule has 1 aromatic rings. The van der Waals surface area contributed by atoms with Crippen LogP contribution < -0.4 is 10.6 Å². The number of nitrogens with zero attached hydrogens (tertiary/aromatic N) is 1. The average molecular weight is 465 g/mol. The molecule has 1 aliphatic carbocycles. The number of halogens is 2. The SMILES string of the molecule is CN=C(NCC(C)(C)c1cccc(F)c1)NC1CCC(SC)C1.I. The van der Waals surface area contributed by atoms with Gasteiger partial charge in [-0.05, 0) is 43.2 Å². The third-order valence-electron chi connectivity index (χ3n) is 4.59. The highest BCUT2D eigenvalue weighted by Crippen LogP contribution is 2.28. The van der Waals surface area contributed by atoms with Gasteiger partial charge in [-0.15, -0.1) is 24.0 Å². The van der Waals surface area contributed by atoms with Crippen molar-refractivity contribution in [3.05, 3.63) is 35.6 Å². The van der Waals surface area contributed by atoms with Crippen LogP contribution >= 0.6 is 35.7 Å². The van der Waals surface area contributed by atoms with E-state index in [1.165, 1.54) is 25.3 Å². The Morgan fingerprint density at radius 2 is 2.12 bits per heavy atom. The van der Waals surface area contributed by atoms with Crippen LogP contribution in [-0.2, 0) is 5.41 Å². The molecule has 1 aliphatic rings. The summed E-state index contributed by atoms with van der Waals surface area (Å²) in [5.74, 6) is 0.647. The van der Waals surface area contributed by atoms with Gasteiger partial charge in [-0.1, -0.05) is 26.0 Å². The van der Waals surface area contributed by atoms with Crippen LogP contribution in [0.3, 0.4) is 0 Å². The van der Waals surface area contributed by atoms with Crippen LogP contribution in [0.1, 0.15) is 38.7 Å². The van der Waals surface area contributed by atoms with Crippen molar-refractivity contribution in [1.29, 1.82) is 0 Å². The van der Waals surface area contributed by atoms with Crippen molar-refractivity contribution in [2.24, 2.45) is 4.99 Å². The lowest BCUT2D eigenvalue weighted by atomic mass is 9.84. The summed E-state index contributed by atoms with van der Waals surface area (Å²) in [6.45, 7) is 4.93. The van der Waals surface area contributed by atoms with Crippen molar-refractivity contribution in [2.45, 2.75) is 49.8 Å². The largest absolute Gasteiger partial charge is 0.356 e. The number of guanidine groups is 1. The van der Waals surface area contributed by atoms with Gasteiger partial charge in [-0.25, -0.2) is 4.39 Å². The first-order valence-electron chi connectivity index (χ1n) is 8.20. The van der Waals surface area contributed by atoms with Crippen molar-refractivity contribution in [3.63, 3.8) is 0 Å². The maximum absolute atomic E-state index is 13.4. The summed E-state index contributed by atoms with van der Waals surface area (Å²) in [4.78, 5) is 4.33. The lowest BCUT2D eigenvalue weighted by Crippen LogP contribution is -2.46. The molecule has 2 N–H and O–H groups in total. The van der Waals surface area contributed by atoms with E-state index < -0.39 is 0 Å². The van der Waals surface area contributed by atoms with Crippen molar-refractivity contribution in [1.82, 2.24) is 10.6 Å². The third kappa shape index (κ3) is 6.10. The fraction of sp³-hybridized carbons (Fsp3) is 0.611. The first-order valence-corrected chi connectivity index (χ1v) is 9.49. The summed E-state index contributed by atoms with van der Waals surface area (Å²) in [5.41, 5.74) is 0.820. The molecule has 6 heteroatoms. The molecule has 2 atom stereocenters. The van der Waals surface area contributed by atoms with E-state index in [9.17, 15) is 4.39 Å². The minimum absolute atomic E-state index is 0. The zero-order valence-corrected chi connectivity index (χ0v) is 18.1. The number of benzene rings is 1. The Labute approximate surface area is 166 Å². The summed E-state index contributed by atoms with van der Waals surface area (Å²) in [5, 5.41) is 7.67. The Kier molecular flexibility index (Phi) is 8.84. The van der Waals surface area contributed by atoms with E-state index in [4.69, 9.17) is 0 Å². The molecule has 1 saturated carbocycles. The van der Waals surface area contributed by atoms with Crippen LogP contribution in [0, 0.1) is 5.82 Å². The second kappa shape index (κ2) is 9.85. The first kappa shape index (κ1) is 21.5. The van der Waals surface area contributed by atoms with Crippen LogP contribution in [0.25, 0.3) is 0 Å². The quantitative estimate of drug-likeness (QED) is 0.390. The summed E-state index contributed by atoms with van der Waals surface area (Å²) in [7, 11) is 1.80. The van der Waals surface area contributed by atoms with Crippen LogP contribution in [0.4, 0.5) is 4.39 Å². The number of nitrogens with one attached hydrogen (secondary N) is 2. The van der Waals surface area contributed by atoms with Crippen molar-refractivity contribution in [3.8, 4) is 0 Å². The number of rotatable bonds is 5. The molecule has 1 fully saturated rings. The Bertz CT molecular complexity index is 551. The Hall–Kier alpha value is -0.500. The molecule has 0 amide bonds. The predicted molar refractivity (Wildman–Crippen MR) is 114 cm³/mol. The van der Waals surface area contributed by atoms with Gasteiger partial charge >= 0.3 is 0 Å². The first-order chi connectivity index (χ1) is 10.9.